The van der Waals surface area contributed by atoms with Gasteiger partial charge in [0.1, 0.15) is 6.04 Å². The van der Waals surface area contributed by atoms with E-state index in [4.69, 9.17) is 5.73 Å². The van der Waals surface area contributed by atoms with Crippen molar-refractivity contribution in [3.63, 3.8) is 0 Å². The van der Waals surface area contributed by atoms with Gasteiger partial charge in [0.05, 0.1) is 18.5 Å². The number of nitrogens with one attached hydrogen (secondary N) is 3. The molecule has 0 aromatic rings. The minimum Gasteiger partial charge on any atom is -0.370 e. The number of nitrogens with two attached hydrogens (primary N) is 1. The van der Waals surface area contributed by atoms with Crippen LogP contribution in [0, 0.1) is 11.3 Å². The standard InChI is InChI=1S/C20H38N4O4/c1-11(2)15(24-20(7,8)9)18(28)22-12(3)17(27)23-13(10-14(21)25)16(26)19(4,5)6/h11-13,15,24H,10H2,1-9H3,(H2,21,25)(H,22,28)(H,23,27). The van der Waals surface area contributed by atoms with E-state index in [9.17, 15) is 19.2 Å². The van der Waals surface area contributed by atoms with E-state index in [-0.39, 0.29) is 29.6 Å². The zero-order valence-corrected chi connectivity index (χ0v) is 18.7. The summed E-state index contributed by atoms with van der Waals surface area (Å²) in [7, 11) is 0. The first-order valence-corrected chi connectivity index (χ1v) is 9.66. The van der Waals surface area contributed by atoms with Crippen LogP contribution in [0.25, 0.3) is 0 Å². The Balaban J connectivity index is 5.18. The number of carbonyl (C=O) groups excluding carboxylic acids is 4. The number of ketones is 1. The molecule has 8 nitrogen and oxygen atoms in total. The molecule has 0 saturated carbocycles. The molecule has 0 bridgehead atoms. The first-order chi connectivity index (χ1) is 12.5. The van der Waals surface area contributed by atoms with Crippen LogP contribution >= 0.6 is 0 Å². The van der Waals surface area contributed by atoms with Gasteiger partial charge in [0, 0.05) is 11.0 Å². The van der Waals surface area contributed by atoms with Crippen LogP contribution in [0.15, 0.2) is 0 Å². The molecular weight excluding hydrogens is 360 g/mol. The fourth-order valence-corrected chi connectivity index (χ4v) is 2.60. The summed E-state index contributed by atoms with van der Waals surface area (Å²) in [5.41, 5.74) is 4.19. The summed E-state index contributed by atoms with van der Waals surface area (Å²) < 4.78 is 0. The van der Waals surface area contributed by atoms with E-state index in [1.54, 1.807) is 20.8 Å². The highest BCUT2D eigenvalue weighted by Crippen LogP contribution is 2.18. The fraction of sp³-hybridized carbons (Fsp3) is 0.800. The first-order valence-electron chi connectivity index (χ1n) is 9.66. The van der Waals surface area contributed by atoms with Crippen molar-refractivity contribution in [3.05, 3.63) is 0 Å². The lowest BCUT2D eigenvalue weighted by molar-refractivity contribution is -0.136. The summed E-state index contributed by atoms with van der Waals surface area (Å²) in [5.74, 6) is -1.82. The lowest BCUT2D eigenvalue weighted by Crippen LogP contribution is -2.58. The molecule has 0 fully saturated rings. The maximum Gasteiger partial charge on any atom is 0.242 e. The molecular formula is C20H38N4O4. The molecule has 3 amide bonds. The molecule has 5 N–H and O–H groups in total. The highest BCUT2D eigenvalue weighted by molar-refractivity contribution is 5.97. The summed E-state index contributed by atoms with van der Waals surface area (Å²) in [6.07, 6.45) is -0.289. The van der Waals surface area contributed by atoms with Crippen LogP contribution in [0.1, 0.15) is 68.7 Å². The minimum absolute atomic E-state index is 0.0135. The third-order valence-corrected chi connectivity index (χ3v) is 4.07. The zero-order chi connectivity index (χ0) is 22.4. The van der Waals surface area contributed by atoms with E-state index in [0.717, 1.165) is 0 Å². The molecule has 0 aliphatic carbocycles. The van der Waals surface area contributed by atoms with E-state index in [2.05, 4.69) is 16.0 Å². The Kier molecular flexibility index (Phi) is 9.30. The van der Waals surface area contributed by atoms with Gasteiger partial charge < -0.3 is 21.7 Å². The van der Waals surface area contributed by atoms with Crippen molar-refractivity contribution in [1.29, 1.82) is 0 Å². The Morgan fingerprint density at radius 1 is 0.857 bits per heavy atom. The number of rotatable bonds is 9. The summed E-state index contributed by atoms with van der Waals surface area (Å²) in [6.45, 7) is 16.3. The monoisotopic (exact) mass is 398 g/mol. The number of hydrogen-bond donors (Lipinski definition) is 4. The third kappa shape index (κ3) is 9.30. The average molecular weight is 399 g/mol. The topological polar surface area (TPSA) is 130 Å². The minimum atomic E-state index is -1.03. The molecule has 0 radical (unpaired) electrons. The zero-order valence-electron chi connectivity index (χ0n) is 18.7. The molecule has 3 unspecified atom stereocenters. The van der Waals surface area contributed by atoms with E-state index in [1.807, 2.05) is 34.6 Å². The van der Waals surface area contributed by atoms with Gasteiger partial charge in [-0.2, -0.15) is 0 Å². The Labute approximate surface area is 168 Å². The van der Waals surface area contributed by atoms with Gasteiger partial charge in [0.2, 0.25) is 17.7 Å². The Bertz CT molecular complexity index is 588. The molecule has 0 spiro atoms. The SMILES string of the molecule is CC(NC(=O)C(NC(C)(C)C)C(C)C)C(=O)NC(CC(N)=O)C(=O)C(C)(C)C. The van der Waals surface area contributed by atoms with Crippen molar-refractivity contribution >= 4 is 23.5 Å². The molecule has 0 aromatic heterocycles. The number of amides is 3. The molecule has 0 aromatic carbocycles. The molecule has 8 heteroatoms. The number of carbonyl (C=O) groups is 4. The van der Waals surface area contributed by atoms with Gasteiger partial charge in [-0.25, -0.2) is 0 Å². The van der Waals surface area contributed by atoms with Crippen molar-refractivity contribution in [2.24, 2.45) is 17.1 Å². The van der Waals surface area contributed by atoms with Crippen LogP contribution in [-0.2, 0) is 19.2 Å². The largest absolute Gasteiger partial charge is 0.370 e. The predicted molar refractivity (Wildman–Crippen MR) is 109 cm³/mol. The van der Waals surface area contributed by atoms with Crippen molar-refractivity contribution in [3.8, 4) is 0 Å². The Morgan fingerprint density at radius 3 is 1.71 bits per heavy atom. The van der Waals surface area contributed by atoms with Gasteiger partial charge in [0.25, 0.3) is 0 Å². The molecule has 0 saturated heterocycles. The van der Waals surface area contributed by atoms with E-state index in [1.165, 1.54) is 6.92 Å². The van der Waals surface area contributed by atoms with Crippen molar-refractivity contribution in [2.75, 3.05) is 0 Å². The van der Waals surface area contributed by atoms with Gasteiger partial charge in [-0.1, -0.05) is 34.6 Å². The smallest absolute Gasteiger partial charge is 0.242 e. The number of Topliss-reactive ketones (excluding diaryl/α,β-unsaturated/α-hetero) is 1. The van der Waals surface area contributed by atoms with Gasteiger partial charge in [-0.3, -0.25) is 19.2 Å². The van der Waals surface area contributed by atoms with E-state index in [0.29, 0.717) is 0 Å². The number of hydrogen-bond acceptors (Lipinski definition) is 5. The van der Waals surface area contributed by atoms with Crippen LogP contribution < -0.4 is 21.7 Å². The highest BCUT2D eigenvalue weighted by Gasteiger charge is 2.34. The fourth-order valence-electron chi connectivity index (χ4n) is 2.60. The third-order valence-electron chi connectivity index (χ3n) is 4.07. The van der Waals surface area contributed by atoms with E-state index >= 15 is 0 Å². The van der Waals surface area contributed by atoms with Crippen molar-refractivity contribution in [1.82, 2.24) is 16.0 Å². The summed E-state index contributed by atoms with van der Waals surface area (Å²) in [5, 5.41) is 8.48. The molecule has 0 heterocycles. The second-order valence-electron chi connectivity index (χ2n) is 9.69. The van der Waals surface area contributed by atoms with Crippen molar-refractivity contribution in [2.45, 2.75) is 92.4 Å². The van der Waals surface area contributed by atoms with Crippen LogP contribution in [0.2, 0.25) is 0 Å². The Morgan fingerprint density at radius 2 is 1.36 bits per heavy atom. The van der Waals surface area contributed by atoms with Crippen LogP contribution in [0.4, 0.5) is 0 Å². The molecule has 0 aliphatic heterocycles. The van der Waals surface area contributed by atoms with Crippen molar-refractivity contribution < 1.29 is 19.2 Å². The maximum absolute atomic E-state index is 12.6. The van der Waals surface area contributed by atoms with Gasteiger partial charge in [0.15, 0.2) is 5.78 Å². The van der Waals surface area contributed by atoms with Crippen LogP contribution in [0.3, 0.4) is 0 Å². The summed E-state index contributed by atoms with van der Waals surface area (Å²) >= 11 is 0. The summed E-state index contributed by atoms with van der Waals surface area (Å²) in [6, 6.07) is -2.38. The Hall–Kier alpha value is -1.96. The predicted octanol–water partition coefficient (Wildman–Crippen LogP) is 0.879. The second kappa shape index (κ2) is 10.0. The maximum atomic E-state index is 12.6. The van der Waals surface area contributed by atoms with Gasteiger partial charge in [-0.05, 0) is 33.6 Å². The normalized spacial score (nSPS) is 15.5. The van der Waals surface area contributed by atoms with E-state index < -0.39 is 35.4 Å². The molecule has 162 valence electrons. The average Bonchev–Trinajstić information content (AvgIpc) is 2.48. The number of primary amides is 1. The van der Waals surface area contributed by atoms with Gasteiger partial charge in [-0.15, -0.1) is 0 Å². The van der Waals surface area contributed by atoms with Gasteiger partial charge >= 0.3 is 0 Å². The quantitative estimate of drug-likeness (QED) is 0.458. The molecule has 3 atom stereocenters. The second-order valence-corrected chi connectivity index (χ2v) is 9.69. The summed E-state index contributed by atoms with van der Waals surface area (Å²) in [4.78, 5) is 49.0. The lowest BCUT2D eigenvalue weighted by Gasteiger charge is -2.31. The van der Waals surface area contributed by atoms with Crippen LogP contribution in [0.5, 0.6) is 0 Å². The first kappa shape index (κ1) is 26.0. The molecule has 0 aliphatic rings. The van der Waals surface area contributed by atoms with Crippen LogP contribution in [-0.4, -0.2) is 47.2 Å². The lowest BCUT2D eigenvalue weighted by atomic mass is 9.85. The molecule has 0 rings (SSSR count). The highest BCUT2D eigenvalue weighted by atomic mass is 16.2. The molecule has 28 heavy (non-hydrogen) atoms.